The second-order valence-corrected chi connectivity index (χ2v) is 9.32. The van der Waals surface area contributed by atoms with Gasteiger partial charge in [-0.05, 0) is 19.3 Å². The van der Waals surface area contributed by atoms with Crippen molar-refractivity contribution >= 4 is 10.1 Å². The molecule has 0 aliphatic rings. The van der Waals surface area contributed by atoms with Crippen LogP contribution in [-0.4, -0.2) is 29.9 Å². The maximum absolute atomic E-state index is 10.5. The van der Waals surface area contributed by atoms with Gasteiger partial charge in [0.25, 0.3) is 0 Å². The fourth-order valence-electron chi connectivity index (χ4n) is 3.39. The molecule has 158 valence electrons. The summed E-state index contributed by atoms with van der Waals surface area (Å²) < 4.78 is 31.4. The predicted molar refractivity (Wildman–Crippen MR) is 109 cm³/mol. The number of rotatable bonds is 20. The Labute approximate surface area is 211 Å². The van der Waals surface area contributed by atoms with E-state index in [-0.39, 0.29) is 63.6 Å². The van der Waals surface area contributed by atoms with Gasteiger partial charge < -0.3 is 9.66 Å². The van der Waals surface area contributed by atoms with Crippen LogP contribution in [0.2, 0.25) is 0 Å². The third-order valence-electron chi connectivity index (χ3n) is 5.07. The molecule has 0 aromatic carbocycles. The summed E-state index contributed by atoms with van der Waals surface area (Å²) in [6, 6.07) is 0. The molecule has 0 aromatic heterocycles. The molecule has 4 nitrogen and oxygen atoms in total. The largest absolute Gasteiger partial charge is 1.00 e. The molecule has 0 aromatic rings. The molecule has 0 radical (unpaired) electrons. The summed E-state index contributed by atoms with van der Waals surface area (Å²) in [4.78, 5) is 0. The van der Waals surface area contributed by atoms with Crippen LogP contribution in [0, 0.1) is 0 Å². The molecule has 0 rings (SSSR count). The third-order valence-corrected chi connectivity index (χ3v) is 5.86. The normalized spacial score (nSPS) is 12.7. The maximum atomic E-state index is 10.5. The zero-order chi connectivity index (χ0) is 19.5. The molecule has 0 aliphatic heterocycles. The monoisotopic (exact) mass is 430 g/mol. The molecule has 0 aliphatic carbocycles. The summed E-state index contributed by atoms with van der Waals surface area (Å²) in [7, 11) is -4.13. The van der Waals surface area contributed by atoms with Gasteiger partial charge >= 0.3 is 51.4 Å². The van der Waals surface area contributed by atoms with Gasteiger partial charge in [0.05, 0.1) is 16.2 Å². The predicted octanol–water partition coefficient (Wildman–Crippen LogP) is 2.94. The molecule has 1 atom stereocenters. The minimum atomic E-state index is -4.13. The Bertz CT molecular complexity index is 388. The van der Waals surface area contributed by atoms with E-state index in [1.54, 1.807) is 0 Å². The summed E-state index contributed by atoms with van der Waals surface area (Å²) >= 11 is 0. The van der Waals surface area contributed by atoms with Gasteiger partial charge in [0.2, 0.25) is 0 Å². The van der Waals surface area contributed by atoms with Crippen molar-refractivity contribution in [1.82, 2.24) is 0 Å². The molecule has 0 saturated heterocycles. The van der Waals surface area contributed by atoms with Crippen molar-refractivity contribution in [3.63, 3.8) is 0 Å². The van der Waals surface area contributed by atoms with Gasteiger partial charge in [-0.15, -0.1) is 0 Å². The van der Waals surface area contributed by atoms with Crippen LogP contribution in [0.15, 0.2) is 0 Å². The third kappa shape index (κ3) is 27.5. The van der Waals surface area contributed by atoms with Crippen molar-refractivity contribution < 1.29 is 69.5 Å². The fraction of sp³-hybridized carbons (Fsp3) is 1.00. The SMILES string of the molecule is CCCCCCCCCCCCCCCCCC(O)CCCS(=O)(=O)[O-].[K+]. The van der Waals surface area contributed by atoms with E-state index in [0.29, 0.717) is 6.42 Å². The second kappa shape index (κ2) is 22.2. The van der Waals surface area contributed by atoms with Gasteiger partial charge in [0.1, 0.15) is 0 Å². The molecule has 27 heavy (non-hydrogen) atoms. The van der Waals surface area contributed by atoms with E-state index in [4.69, 9.17) is 0 Å². The first-order valence-corrected chi connectivity index (χ1v) is 12.6. The van der Waals surface area contributed by atoms with Crippen molar-refractivity contribution in [1.29, 1.82) is 0 Å². The molecular weight excluding hydrogens is 387 g/mol. The molecule has 0 heterocycles. The molecule has 1 N–H and O–H groups in total. The Hall–Kier alpha value is 1.51. The van der Waals surface area contributed by atoms with Gasteiger partial charge in [-0.3, -0.25) is 0 Å². The number of hydrogen-bond acceptors (Lipinski definition) is 4. The first-order chi connectivity index (χ1) is 12.5. The van der Waals surface area contributed by atoms with Crippen LogP contribution < -0.4 is 51.4 Å². The zero-order valence-electron chi connectivity index (χ0n) is 18.1. The van der Waals surface area contributed by atoms with Crippen LogP contribution in [0.3, 0.4) is 0 Å². The van der Waals surface area contributed by atoms with E-state index in [1.165, 1.54) is 83.5 Å². The molecule has 0 bridgehead atoms. The molecular formula is C21H43KO4S. The molecule has 0 saturated carbocycles. The van der Waals surface area contributed by atoms with Crippen LogP contribution in [0.1, 0.15) is 122 Å². The Morgan fingerprint density at radius 1 is 0.667 bits per heavy atom. The van der Waals surface area contributed by atoms with Gasteiger partial charge in [0, 0.05) is 5.75 Å². The van der Waals surface area contributed by atoms with Crippen molar-refractivity contribution in [2.24, 2.45) is 0 Å². The number of hydrogen-bond donors (Lipinski definition) is 1. The molecule has 1 unspecified atom stereocenters. The van der Waals surface area contributed by atoms with Crippen molar-refractivity contribution in [3.05, 3.63) is 0 Å². The van der Waals surface area contributed by atoms with E-state index in [9.17, 15) is 18.1 Å². The number of unbranched alkanes of at least 4 members (excludes halogenated alkanes) is 14. The van der Waals surface area contributed by atoms with E-state index in [1.807, 2.05) is 0 Å². The minimum absolute atomic E-state index is 0. The summed E-state index contributed by atoms with van der Waals surface area (Å²) in [5.41, 5.74) is 0. The zero-order valence-corrected chi connectivity index (χ0v) is 22.0. The van der Waals surface area contributed by atoms with E-state index in [2.05, 4.69) is 6.92 Å². The molecule has 0 spiro atoms. The topological polar surface area (TPSA) is 77.4 Å². The van der Waals surface area contributed by atoms with Crippen LogP contribution in [0.25, 0.3) is 0 Å². The van der Waals surface area contributed by atoms with E-state index in [0.717, 1.165) is 19.3 Å². The van der Waals surface area contributed by atoms with Gasteiger partial charge in [-0.2, -0.15) is 0 Å². The summed E-state index contributed by atoms with van der Waals surface area (Å²) in [5.74, 6) is -0.358. The molecule has 0 amide bonds. The van der Waals surface area contributed by atoms with Gasteiger partial charge in [0.15, 0.2) is 0 Å². The summed E-state index contributed by atoms with van der Waals surface area (Å²) in [6.45, 7) is 2.26. The summed E-state index contributed by atoms with van der Waals surface area (Å²) in [6.07, 6.45) is 20.8. The quantitative estimate of drug-likeness (QED) is 0.183. The van der Waals surface area contributed by atoms with Crippen LogP contribution in [0.4, 0.5) is 0 Å². The van der Waals surface area contributed by atoms with E-state index < -0.39 is 16.2 Å². The number of aliphatic hydroxyl groups excluding tert-OH is 1. The van der Waals surface area contributed by atoms with Crippen LogP contribution in [0.5, 0.6) is 0 Å². The maximum Gasteiger partial charge on any atom is 1.00 e. The minimum Gasteiger partial charge on any atom is -0.748 e. The van der Waals surface area contributed by atoms with Crippen molar-refractivity contribution in [3.8, 4) is 0 Å². The van der Waals surface area contributed by atoms with Crippen LogP contribution >= 0.6 is 0 Å². The van der Waals surface area contributed by atoms with Gasteiger partial charge in [-0.25, -0.2) is 8.42 Å². The van der Waals surface area contributed by atoms with Crippen molar-refractivity contribution in [2.45, 2.75) is 129 Å². The number of aliphatic hydroxyl groups is 1. The second-order valence-electron chi connectivity index (χ2n) is 7.80. The Morgan fingerprint density at radius 2 is 1.00 bits per heavy atom. The Balaban J connectivity index is 0. The smallest absolute Gasteiger partial charge is 0.748 e. The fourth-order valence-corrected chi connectivity index (χ4v) is 3.91. The first-order valence-electron chi connectivity index (χ1n) is 11.1. The molecule has 0 fully saturated rings. The van der Waals surface area contributed by atoms with E-state index >= 15 is 0 Å². The Kier molecular flexibility index (Phi) is 25.2. The van der Waals surface area contributed by atoms with Crippen molar-refractivity contribution in [2.75, 3.05) is 5.75 Å². The van der Waals surface area contributed by atoms with Crippen LogP contribution in [-0.2, 0) is 10.1 Å². The average molecular weight is 431 g/mol. The summed E-state index contributed by atoms with van der Waals surface area (Å²) in [5, 5.41) is 9.75. The Morgan fingerprint density at radius 3 is 1.37 bits per heavy atom. The van der Waals surface area contributed by atoms with Gasteiger partial charge in [-0.1, -0.05) is 103 Å². The average Bonchev–Trinajstić information content (AvgIpc) is 2.57. The standard InChI is InChI=1S/C21H44O4S.K/c1-2-3-4-5-6-7-8-9-10-11-12-13-14-15-16-18-21(22)19-17-20-26(23,24)25;/h21-22H,2-20H2,1H3,(H,23,24,25);/q;+1/p-1. The molecule has 6 heteroatoms. The first kappa shape index (κ1) is 30.7.